The fraction of sp³-hybridized carbons (Fsp3) is 0.178. The van der Waals surface area contributed by atoms with E-state index < -0.39 is 103 Å². The van der Waals surface area contributed by atoms with Crippen LogP contribution < -0.4 is 9.30 Å². The van der Waals surface area contributed by atoms with E-state index in [0.717, 1.165) is 27.6 Å². The molecule has 0 N–H and O–H groups in total. The zero-order chi connectivity index (χ0) is 69.6. The zero-order valence-electron chi connectivity index (χ0n) is 63.0. The smallest absolute Gasteiger partial charge is 0.268 e. The van der Waals surface area contributed by atoms with Gasteiger partial charge in [0.05, 0.1) is 37.3 Å². The second kappa shape index (κ2) is 20.6. The van der Waals surface area contributed by atoms with Gasteiger partial charge in [0.25, 0.3) is 6.33 Å². The van der Waals surface area contributed by atoms with Gasteiger partial charge >= 0.3 is 0 Å². The van der Waals surface area contributed by atoms with Gasteiger partial charge in [-0.25, -0.2) is 4.98 Å². The minimum absolute atomic E-state index is 0. The molecule has 0 aliphatic rings. The van der Waals surface area contributed by atoms with Crippen LogP contribution in [-0.2, 0) is 37.3 Å². The first-order chi connectivity index (χ1) is 44.9. The van der Waals surface area contributed by atoms with E-state index in [1.54, 1.807) is 56.2 Å². The van der Waals surface area contributed by atoms with Gasteiger partial charge in [0, 0.05) is 54.0 Å². The minimum Gasteiger partial charge on any atom is -0.510 e. The summed E-state index contributed by atoms with van der Waals surface area (Å²) in [6.07, 6.45) is 4.80. The molecule has 6 heteroatoms. The maximum absolute atomic E-state index is 9.57. The number of ether oxygens (including phenoxy) is 1. The van der Waals surface area contributed by atoms with Crippen LogP contribution in [0.4, 0.5) is 0 Å². The third-order valence-corrected chi connectivity index (χ3v) is 14.0. The summed E-state index contributed by atoms with van der Waals surface area (Å²) in [6, 6.07) is 31.6. The molecular formula is C73H64N4OPt-2. The number of fused-ring (bicyclic) bond motifs is 4. The SMILES string of the molecule is [2H]c1c([2H])c([2H])c(-c2ccc3c(c2)n(-c2[c-]c(Oc4[c-]c5c(cc4)c4ccccc4n5-c4cc(C([2H])([2H])[2H])c(-c5c([2H])c([2H])c([2H])c([2H])c5[2H])cn4)ccc2)[c-][n+]3-c2c(-c3cc(C(C)(C)C)cc(C(C)(C)C)c3)cc(C(C)(C)C)cc2-c2c([2H])c([2H])c([2H])c([2H])c2[2H])c([2H])c1[2H].[Pt]. The Bertz CT molecular complexity index is 5170. The summed E-state index contributed by atoms with van der Waals surface area (Å²) < 4.78 is 170. The molecule has 5 nitrogen and oxygen atoms in total. The third-order valence-electron chi connectivity index (χ3n) is 14.0. The number of hydrogen-bond acceptors (Lipinski definition) is 2. The average molecular weight is 1230 g/mol. The van der Waals surface area contributed by atoms with Crippen molar-refractivity contribution in [1.82, 2.24) is 14.1 Å². The van der Waals surface area contributed by atoms with Crippen molar-refractivity contribution in [1.29, 1.82) is 0 Å². The molecule has 0 saturated carbocycles. The Morgan fingerprint density at radius 3 is 1.76 bits per heavy atom. The van der Waals surface area contributed by atoms with Crippen LogP contribution in [0.5, 0.6) is 11.5 Å². The molecule has 0 radical (unpaired) electrons. The number of pyridine rings is 1. The Hall–Kier alpha value is -8.11. The van der Waals surface area contributed by atoms with Crippen molar-refractivity contribution in [2.24, 2.45) is 0 Å². The number of rotatable bonds is 9. The van der Waals surface area contributed by atoms with E-state index in [0.29, 0.717) is 50.0 Å². The Kier molecular flexibility index (Phi) is 9.23. The Morgan fingerprint density at radius 2 is 1.11 bits per heavy atom. The fourth-order valence-electron chi connectivity index (χ4n) is 9.82. The molecule has 0 spiro atoms. The summed E-state index contributed by atoms with van der Waals surface area (Å²) in [4.78, 5) is 4.71. The Balaban J connectivity index is 0.00000954. The standard InChI is InChI=1S/C73H64N4O.Pt/c1-48-37-69(74-46-64(48)51-27-18-13-19-28-51)77-65-32-21-20-31-60(65)61-35-34-59(45-67(61)77)78-58-30-22-29-57(44-58)75-47-76(66-36-33-52(40-68(66)75)49-23-14-11-15-24-49)70-62(50-25-16-12-17-26-50)42-56(73(8,9)10)43-63(70)53-38-54(71(2,3)4)41-55(39-53)72(5,6)7;/h11-43,46H,1-10H3;/q-2;/i1D3,11D,12D,13D,14D,15D,16D,17D,18D,19D,23D,24D,25D,26D,27D,28D;. The van der Waals surface area contributed by atoms with Gasteiger partial charge in [-0.1, -0.05) is 219 Å². The summed E-state index contributed by atoms with van der Waals surface area (Å²) >= 11 is 0. The van der Waals surface area contributed by atoms with Crippen molar-refractivity contribution < 1.29 is 55.0 Å². The van der Waals surface area contributed by atoms with E-state index in [-0.39, 0.29) is 82.6 Å². The second-order valence-electron chi connectivity index (χ2n) is 22.5. The van der Waals surface area contributed by atoms with Crippen molar-refractivity contribution in [2.75, 3.05) is 0 Å². The first kappa shape index (κ1) is 35.4. The number of aryl methyl sites for hydroxylation is 1. The van der Waals surface area contributed by atoms with Gasteiger partial charge in [-0.05, 0) is 114 Å². The molecule has 0 atom stereocenters. The van der Waals surface area contributed by atoms with E-state index >= 15 is 0 Å². The minimum atomic E-state index is -2.85. The number of benzene rings is 9. The summed E-state index contributed by atoms with van der Waals surface area (Å²) in [6.45, 7) is 16.1. The van der Waals surface area contributed by atoms with E-state index in [1.807, 2.05) is 57.2 Å². The van der Waals surface area contributed by atoms with Gasteiger partial charge in [0.1, 0.15) is 5.82 Å². The first-order valence-corrected chi connectivity index (χ1v) is 25.6. The predicted molar refractivity (Wildman–Crippen MR) is 323 cm³/mol. The van der Waals surface area contributed by atoms with Crippen molar-refractivity contribution in [2.45, 2.75) is 85.4 Å². The van der Waals surface area contributed by atoms with E-state index in [4.69, 9.17) is 31.7 Å². The summed E-state index contributed by atoms with van der Waals surface area (Å²) in [5.74, 6) is 0.480. The number of para-hydroxylation sites is 1. The van der Waals surface area contributed by atoms with Gasteiger partial charge in [0.2, 0.25) is 0 Å². The zero-order valence-corrected chi connectivity index (χ0v) is 47.3. The van der Waals surface area contributed by atoms with Crippen molar-refractivity contribution in [3.63, 3.8) is 0 Å². The topological polar surface area (TPSA) is 35.9 Å². The van der Waals surface area contributed by atoms with E-state index in [9.17, 15) is 2.74 Å². The number of aromatic nitrogens is 4. The molecule has 0 aliphatic carbocycles. The molecule has 9 aromatic carbocycles. The summed E-state index contributed by atoms with van der Waals surface area (Å²) in [7, 11) is 0. The Labute approximate surface area is 505 Å². The van der Waals surface area contributed by atoms with E-state index in [2.05, 4.69) is 84.3 Å². The van der Waals surface area contributed by atoms with E-state index in [1.165, 1.54) is 12.3 Å². The molecule has 12 aromatic rings. The maximum atomic E-state index is 9.57. The molecule has 0 unspecified atom stereocenters. The molecule has 0 aliphatic heterocycles. The largest absolute Gasteiger partial charge is 0.510 e. The van der Waals surface area contributed by atoms with Gasteiger partial charge in [0.15, 0.2) is 0 Å². The van der Waals surface area contributed by atoms with Gasteiger partial charge < -0.3 is 13.9 Å². The molecule has 0 saturated heterocycles. The van der Waals surface area contributed by atoms with Crippen LogP contribution in [0.25, 0.3) is 94.5 Å². The maximum Gasteiger partial charge on any atom is 0.268 e. The Morgan fingerprint density at radius 1 is 0.519 bits per heavy atom. The van der Waals surface area contributed by atoms with Crippen molar-refractivity contribution in [3.05, 3.63) is 247 Å². The van der Waals surface area contributed by atoms with Gasteiger partial charge in [-0.3, -0.25) is 4.57 Å². The second-order valence-corrected chi connectivity index (χ2v) is 22.5. The molecule has 12 rings (SSSR count). The summed E-state index contributed by atoms with van der Waals surface area (Å²) in [5.41, 5.74) is 5.20. The molecule has 79 heavy (non-hydrogen) atoms. The molecule has 3 aromatic heterocycles. The average Bonchev–Trinajstić information content (AvgIpc) is 1.67. The monoisotopic (exact) mass is 1230 g/mol. The van der Waals surface area contributed by atoms with Crippen LogP contribution in [-0.4, -0.2) is 14.1 Å². The number of hydrogen-bond donors (Lipinski definition) is 0. The normalized spacial score (nSPS) is 15.5. The molecule has 394 valence electrons. The quantitative estimate of drug-likeness (QED) is 0.107. The van der Waals surface area contributed by atoms with Crippen molar-refractivity contribution in [3.8, 4) is 73.2 Å². The van der Waals surface area contributed by atoms with Crippen LogP contribution in [0.1, 0.15) is 109 Å². The van der Waals surface area contributed by atoms with Gasteiger partial charge in [-0.15, -0.1) is 29.7 Å². The van der Waals surface area contributed by atoms with Gasteiger partial charge in [-0.2, -0.15) is 18.2 Å². The fourth-order valence-corrected chi connectivity index (χ4v) is 9.82. The number of nitrogens with zero attached hydrogens (tertiary/aromatic N) is 4. The summed E-state index contributed by atoms with van der Waals surface area (Å²) in [5, 5.41) is 1.44. The first-order valence-electron chi connectivity index (χ1n) is 34.6. The molecule has 0 fully saturated rings. The molecule has 0 bridgehead atoms. The molecular weight excluding hydrogens is 1140 g/mol. The number of imidazole rings is 1. The van der Waals surface area contributed by atoms with Crippen molar-refractivity contribution >= 4 is 32.8 Å². The van der Waals surface area contributed by atoms with Crippen LogP contribution >= 0.6 is 0 Å². The van der Waals surface area contributed by atoms with Crippen LogP contribution in [0.2, 0.25) is 0 Å². The third kappa shape index (κ3) is 10.2. The predicted octanol–water partition coefficient (Wildman–Crippen LogP) is 18.5. The van der Waals surface area contributed by atoms with Crippen LogP contribution in [0, 0.1) is 25.3 Å². The molecule has 0 amide bonds. The molecule has 3 heterocycles. The van der Waals surface area contributed by atoms with Crippen LogP contribution in [0.15, 0.2) is 206 Å². The van der Waals surface area contributed by atoms with Crippen LogP contribution in [0.3, 0.4) is 0 Å².